The molecule has 0 saturated heterocycles. The number of rotatable bonds is 4. The Hall–Kier alpha value is -2.50. The van der Waals surface area contributed by atoms with E-state index in [1.165, 1.54) is 22.7 Å². The minimum absolute atomic E-state index is 0.0610. The van der Waals surface area contributed by atoms with Crippen LogP contribution >= 0.6 is 23.4 Å². The number of para-hydroxylation sites is 1. The maximum Gasteiger partial charge on any atom is 0.278 e. The third kappa shape index (κ3) is 3.66. The van der Waals surface area contributed by atoms with Gasteiger partial charge in [0.05, 0.1) is 0 Å². The molecular formula is C21H18ClN3OS. The molecule has 1 N–H and O–H groups in total. The first-order valence-corrected chi connectivity index (χ1v) is 10.2. The predicted octanol–water partition coefficient (Wildman–Crippen LogP) is 4.97. The number of halogens is 1. The lowest BCUT2D eigenvalue weighted by atomic mass is 10.1. The van der Waals surface area contributed by atoms with E-state index in [-0.39, 0.29) is 5.91 Å². The van der Waals surface area contributed by atoms with Gasteiger partial charge in [-0.1, -0.05) is 53.7 Å². The van der Waals surface area contributed by atoms with Crippen molar-refractivity contribution in [2.45, 2.75) is 6.42 Å². The van der Waals surface area contributed by atoms with Gasteiger partial charge in [-0.15, -0.1) is 0 Å². The maximum atomic E-state index is 12.9. The number of aliphatic imine (C=N–C) groups is 1. The first-order chi connectivity index (χ1) is 13.2. The topological polar surface area (TPSA) is 48.5 Å². The van der Waals surface area contributed by atoms with E-state index in [0.29, 0.717) is 17.3 Å². The molecule has 2 aromatic carbocycles. The van der Waals surface area contributed by atoms with Crippen molar-refractivity contribution in [1.29, 1.82) is 0 Å². The Kier molecular flexibility index (Phi) is 5.05. The molecule has 2 heterocycles. The van der Waals surface area contributed by atoms with Crippen LogP contribution in [0.3, 0.4) is 0 Å². The molecule has 4 rings (SSSR count). The summed E-state index contributed by atoms with van der Waals surface area (Å²) >= 11 is 7.42. The molecule has 3 aromatic rings. The number of carbonyl (C=O) groups is 1. The van der Waals surface area contributed by atoms with E-state index in [2.05, 4.69) is 22.1 Å². The summed E-state index contributed by atoms with van der Waals surface area (Å²) in [5.74, 6) is -0.0610. The fourth-order valence-corrected chi connectivity index (χ4v) is 3.88. The van der Waals surface area contributed by atoms with E-state index < -0.39 is 0 Å². The van der Waals surface area contributed by atoms with Crippen molar-refractivity contribution in [2.75, 3.05) is 12.8 Å². The molecule has 0 bridgehead atoms. The molecule has 0 atom stereocenters. The van der Waals surface area contributed by atoms with Crippen LogP contribution in [0.1, 0.15) is 11.1 Å². The number of aromatic nitrogens is 1. The number of benzene rings is 2. The van der Waals surface area contributed by atoms with Crippen molar-refractivity contribution < 1.29 is 4.79 Å². The number of hydrogen-bond acceptors (Lipinski definition) is 3. The van der Waals surface area contributed by atoms with Gasteiger partial charge in [0, 0.05) is 28.7 Å². The van der Waals surface area contributed by atoms with E-state index in [9.17, 15) is 4.79 Å². The molecule has 0 saturated carbocycles. The summed E-state index contributed by atoms with van der Waals surface area (Å²) in [6.45, 7) is 0.596. The fraction of sp³-hybridized carbons (Fsp3) is 0.143. The zero-order chi connectivity index (χ0) is 18.8. The average Bonchev–Trinajstić information content (AvgIpc) is 3.23. The van der Waals surface area contributed by atoms with Crippen molar-refractivity contribution in [3.05, 3.63) is 76.6 Å². The van der Waals surface area contributed by atoms with Gasteiger partial charge in [0.25, 0.3) is 5.91 Å². The van der Waals surface area contributed by atoms with E-state index >= 15 is 0 Å². The van der Waals surface area contributed by atoms with Crippen molar-refractivity contribution in [2.24, 2.45) is 4.99 Å². The van der Waals surface area contributed by atoms with Crippen LogP contribution in [0.2, 0.25) is 5.02 Å². The van der Waals surface area contributed by atoms with E-state index in [1.54, 1.807) is 23.1 Å². The molecule has 0 fully saturated rings. The zero-order valence-corrected chi connectivity index (χ0v) is 16.3. The van der Waals surface area contributed by atoms with Gasteiger partial charge in [0.15, 0.2) is 5.17 Å². The molecule has 1 aliphatic rings. The Morgan fingerprint density at radius 2 is 1.96 bits per heavy atom. The van der Waals surface area contributed by atoms with Gasteiger partial charge in [-0.2, -0.15) is 0 Å². The lowest BCUT2D eigenvalue weighted by molar-refractivity contribution is -0.122. The molecule has 1 amide bonds. The zero-order valence-electron chi connectivity index (χ0n) is 14.8. The van der Waals surface area contributed by atoms with Crippen LogP contribution in [0, 0.1) is 0 Å². The highest BCUT2D eigenvalue weighted by Gasteiger charge is 2.29. The van der Waals surface area contributed by atoms with E-state index in [0.717, 1.165) is 22.7 Å². The normalized spacial score (nSPS) is 15.8. The molecule has 1 aromatic heterocycles. The number of amides is 1. The summed E-state index contributed by atoms with van der Waals surface area (Å²) in [6.07, 6.45) is 6.53. The van der Waals surface area contributed by atoms with Crippen LogP contribution < -0.4 is 0 Å². The standard InChI is InChI=1S/C21H18ClN3OS/c1-27-21-24-19(12-14-6-8-16(22)9-7-14)20(26)25(21)11-10-15-13-23-18-5-3-2-4-17(15)18/h2-9,12-13,23H,10-11H2,1H3. The summed E-state index contributed by atoms with van der Waals surface area (Å²) in [5.41, 5.74) is 3.68. The molecule has 6 heteroatoms. The summed E-state index contributed by atoms with van der Waals surface area (Å²) in [5, 5.41) is 2.60. The predicted molar refractivity (Wildman–Crippen MR) is 114 cm³/mol. The van der Waals surface area contributed by atoms with E-state index in [1.807, 2.05) is 36.7 Å². The van der Waals surface area contributed by atoms with Gasteiger partial charge in [0.1, 0.15) is 5.70 Å². The quantitative estimate of drug-likeness (QED) is 0.634. The minimum Gasteiger partial charge on any atom is -0.361 e. The Bertz CT molecular complexity index is 1050. The summed E-state index contributed by atoms with van der Waals surface area (Å²) in [4.78, 5) is 22.4. The average molecular weight is 396 g/mol. The number of thioether (sulfide) groups is 1. The van der Waals surface area contributed by atoms with Gasteiger partial charge in [-0.05, 0) is 48.1 Å². The smallest absolute Gasteiger partial charge is 0.278 e. The number of amidine groups is 1. The largest absolute Gasteiger partial charge is 0.361 e. The molecule has 136 valence electrons. The molecule has 4 nitrogen and oxygen atoms in total. The maximum absolute atomic E-state index is 12.9. The summed E-state index contributed by atoms with van der Waals surface area (Å²) < 4.78 is 0. The molecule has 0 unspecified atom stereocenters. The first-order valence-electron chi connectivity index (χ1n) is 8.62. The number of carbonyl (C=O) groups excluding carboxylic acids is 1. The highest BCUT2D eigenvalue weighted by molar-refractivity contribution is 8.13. The van der Waals surface area contributed by atoms with Crippen LogP contribution in [0.25, 0.3) is 17.0 Å². The lowest BCUT2D eigenvalue weighted by Gasteiger charge is -2.16. The van der Waals surface area contributed by atoms with Crippen LogP contribution in [-0.4, -0.2) is 33.8 Å². The number of H-pyrrole nitrogens is 1. The highest BCUT2D eigenvalue weighted by atomic mass is 35.5. The molecule has 1 aliphatic heterocycles. The Labute approximate surface area is 166 Å². The Morgan fingerprint density at radius 3 is 2.74 bits per heavy atom. The molecule has 0 aliphatic carbocycles. The van der Waals surface area contributed by atoms with Crippen LogP contribution in [-0.2, 0) is 11.2 Å². The highest BCUT2D eigenvalue weighted by Crippen LogP contribution is 2.25. The number of nitrogens with zero attached hydrogens (tertiary/aromatic N) is 2. The number of hydrogen-bond donors (Lipinski definition) is 1. The molecule has 0 radical (unpaired) electrons. The minimum atomic E-state index is -0.0610. The van der Waals surface area contributed by atoms with Gasteiger partial charge in [0.2, 0.25) is 0 Å². The molecule has 0 spiro atoms. The van der Waals surface area contributed by atoms with Gasteiger partial charge < -0.3 is 4.98 Å². The third-order valence-corrected chi connectivity index (χ3v) is 5.48. The lowest BCUT2D eigenvalue weighted by Crippen LogP contribution is -2.32. The molecular weight excluding hydrogens is 378 g/mol. The van der Waals surface area contributed by atoms with Crippen LogP contribution in [0.4, 0.5) is 0 Å². The number of fused-ring (bicyclic) bond motifs is 1. The third-order valence-electron chi connectivity index (χ3n) is 4.55. The Morgan fingerprint density at radius 1 is 1.19 bits per heavy atom. The fourth-order valence-electron chi connectivity index (χ4n) is 3.17. The summed E-state index contributed by atoms with van der Waals surface area (Å²) in [7, 11) is 0. The van der Waals surface area contributed by atoms with Crippen LogP contribution in [0.15, 0.2) is 65.4 Å². The van der Waals surface area contributed by atoms with Crippen molar-refractivity contribution in [3.8, 4) is 0 Å². The molecule has 27 heavy (non-hydrogen) atoms. The second kappa shape index (κ2) is 7.62. The van der Waals surface area contributed by atoms with E-state index in [4.69, 9.17) is 11.6 Å². The Balaban J connectivity index is 1.53. The van der Waals surface area contributed by atoms with Gasteiger partial charge >= 0.3 is 0 Å². The van der Waals surface area contributed by atoms with Gasteiger partial charge in [-0.25, -0.2) is 4.99 Å². The first kappa shape index (κ1) is 17.9. The second-order valence-corrected chi connectivity index (χ2v) is 7.46. The van der Waals surface area contributed by atoms with Crippen LogP contribution in [0.5, 0.6) is 0 Å². The number of aromatic amines is 1. The number of nitrogens with one attached hydrogen (secondary N) is 1. The monoisotopic (exact) mass is 395 g/mol. The summed E-state index contributed by atoms with van der Waals surface area (Å²) in [6, 6.07) is 15.6. The van der Waals surface area contributed by atoms with Crippen molar-refractivity contribution in [3.63, 3.8) is 0 Å². The van der Waals surface area contributed by atoms with Crippen molar-refractivity contribution in [1.82, 2.24) is 9.88 Å². The second-order valence-electron chi connectivity index (χ2n) is 6.25. The SMILES string of the molecule is CSC1=NC(=Cc2ccc(Cl)cc2)C(=O)N1CCc1c[nH]c2ccccc12. The van der Waals surface area contributed by atoms with Gasteiger partial charge in [-0.3, -0.25) is 9.69 Å². The van der Waals surface area contributed by atoms with Crippen molar-refractivity contribution >= 4 is 51.4 Å².